The molecule has 8 heteroatoms. The third-order valence-electron chi connectivity index (χ3n) is 3.42. The van der Waals surface area contributed by atoms with Gasteiger partial charge in [0.05, 0.1) is 17.3 Å². The number of ether oxygens (including phenoxy) is 1. The highest BCUT2D eigenvalue weighted by Crippen LogP contribution is 2.37. The second kappa shape index (κ2) is 5.48. The zero-order valence-electron chi connectivity index (χ0n) is 13.0. The molecule has 1 saturated carbocycles. The molecule has 1 aliphatic rings. The Kier molecular flexibility index (Phi) is 4.14. The molecule has 0 saturated heterocycles. The standard InChI is InChI=1S/C14H20F3N3O2/c1-8-11(14(15,16)17)7-20(19-8)9-5-10(6-9)22-12(21)18-13(2,3)4/h7,9-10H,5-6H2,1-4H3,(H,18,21). The summed E-state index contributed by atoms with van der Waals surface area (Å²) in [5.41, 5.74) is -1.15. The van der Waals surface area contributed by atoms with Gasteiger partial charge in [0.25, 0.3) is 0 Å². The van der Waals surface area contributed by atoms with Gasteiger partial charge in [-0.3, -0.25) is 4.68 Å². The zero-order valence-corrected chi connectivity index (χ0v) is 13.0. The van der Waals surface area contributed by atoms with Crippen molar-refractivity contribution in [2.24, 2.45) is 0 Å². The fourth-order valence-corrected chi connectivity index (χ4v) is 2.28. The first-order valence-electron chi connectivity index (χ1n) is 7.07. The van der Waals surface area contributed by atoms with Gasteiger partial charge in [0.2, 0.25) is 0 Å². The van der Waals surface area contributed by atoms with Crippen LogP contribution in [0.4, 0.5) is 18.0 Å². The first-order chi connectivity index (χ1) is 9.95. The Morgan fingerprint density at radius 1 is 1.36 bits per heavy atom. The molecule has 0 radical (unpaired) electrons. The van der Waals surface area contributed by atoms with Crippen molar-refractivity contribution in [1.82, 2.24) is 15.1 Å². The van der Waals surface area contributed by atoms with E-state index in [4.69, 9.17) is 4.74 Å². The number of nitrogens with one attached hydrogen (secondary N) is 1. The smallest absolute Gasteiger partial charge is 0.419 e. The number of aryl methyl sites for hydroxylation is 1. The fraction of sp³-hybridized carbons (Fsp3) is 0.714. The van der Waals surface area contributed by atoms with Gasteiger partial charge in [-0.1, -0.05) is 0 Å². The van der Waals surface area contributed by atoms with Crippen LogP contribution in [0.1, 0.15) is 50.9 Å². The maximum Gasteiger partial charge on any atom is 0.419 e. The van der Waals surface area contributed by atoms with Crippen LogP contribution in [0.5, 0.6) is 0 Å². The monoisotopic (exact) mass is 319 g/mol. The number of carbonyl (C=O) groups excluding carboxylic acids is 1. The maximum absolute atomic E-state index is 12.7. The molecule has 1 aromatic heterocycles. The summed E-state index contributed by atoms with van der Waals surface area (Å²) in [5.74, 6) is 0. The highest BCUT2D eigenvalue weighted by Gasteiger charge is 2.39. The summed E-state index contributed by atoms with van der Waals surface area (Å²) in [4.78, 5) is 11.6. The van der Waals surface area contributed by atoms with Crippen LogP contribution in [-0.2, 0) is 10.9 Å². The molecule has 0 aliphatic heterocycles. The largest absolute Gasteiger partial charge is 0.446 e. The lowest BCUT2D eigenvalue weighted by Gasteiger charge is -2.35. The first kappa shape index (κ1) is 16.6. The number of halogens is 3. The molecule has 124 valence electrons. The van der Waals surface area contributed by atoms with Crippen molar-refractivity contribution in [3.63, 3.8) is 0 Å². The number of aromatic nitrogens is 2. The number of alkyl carbamates (subject to hydrolysis) is 1. The highest BCUT2D eigenvalue weighted by atomic mass is 19.4. The zero-order chi connectivity index (χ0) is 16.7. The molecule has 0 bridgehead atoms. The summed E-state index contributed by atoms with van der Waals surface area (Å²) < 4.78 is 44.7. The second-order valence-electron chi connectivity index (χ2n) is 6.63. The van der Waals surface area contributed by atoms with Gasteiger partial charge in [0.1, 0.15) is 6.10 Å². The third-order valence-corrected chi connectivity index (χ3v) is 3.42. The molecule has 5 nitrogen and oxygen atoms in total. The molecule has 2 rings (SSSR count). The van der Waals surface area contributed by atoms with Crippen LogP contribution in [0, 0.1) is 6.92 Å². The summed E-state index contributed by atoms with van der Waals surface area (Å²) in [6.07, 6.45) is -3.24. The van der Waals surface area contributed by atoms with Crippen LogP contribution in [0.3, 0.4) is 0 Å². The number of nitrogens with zero attached hydrogens (tertiary/aromatic N) is 2. The average molecular weight is 319 g/mol. The van der Waals surface area contributed by atoms with Crippen molar-refractivity contribution in [2.75, 3.05) is 0 Å². The van der Waals surface area contributed by atoms with Gasteiger partial charge < -0.3 is 10.1 Å². The predicted octanol–water partition coefficient (Wildman–Crippen LogP) is 3.44. The Bertz CT molecular complexity index is 555. The van der Waals surface area contributed by atoms with Crippen LogP contribution >= 0.6 is 0 Å². The van der Waals surface area contributed by atoms with E-state index in [1.807, 2.05) is 20.8 Å². The van der Waals surface area contributed by atoms with E-state index in [1.165, 1.54) is 11.6 Å². The number of hydrogen-bond acceptors (Lipinski definition) is 3. The van der Waals surface area contributed by atoms with Crippen molar-refractivity contribution >= 4 is 6.09 Å². The molecule has 1 fully saturated rings. The third kappa shape index (κ3) is 3.92. The molecule has 22 heavy (non-hydrogen) atoms. The first-order valence-corrected chi connectivity index (χ1v) is 7.07. The Morgan fingerprint density at radius 3 is 2.41 bits per heavy atom. The number of alkyl halides is 3. The summed E-state index contributed by atoms with van der Waals surface area (Å²) in [5, 5.41) is 6.59. The van der Waals surface area contributed by atoms with Crippen molar-refractivity contribution in [2.45, 2.75) is 64.4 Å². The van der Waals surface area contributed by atoms with E-state index < -0.39 is 17.8 Å². The van der Waals surface area contributed by atoms with E-state index in [1.54, 1.807) is 0 Å². The van der Waals surface area contributed by atoms with Crippen LogP contribution in [0.15, 0.2) is 6.20 Å². The molecule has 0 spiro atoms. The topological polar surface area (TPSA) is 56.2 Å². The number of carbonyl (C=O) groups is 1. The minimum atomic E-state index is -4.39. The fourth-order valence-electron chi connectivity index (χ4n) is 2.28. The molecule has 1 amide bonds. The Morgan fingerprint density at radius 2 is 1.95 bits per heavy atom. The minimum absolute atomic E-state index is 0.0395. The lowest BCUT2D eigenvalue weighted by atomic mass is 9.89. The highest BCUT2D eigenvalue weighted by molar-refractivity contribution is 5.68. The van der Waals surface area contributed by atoms with Gasteiger partial charge in [-0.05, 0) is 27.7 Å². The van der Waals surface area contributed by atoms with Gasteiger partial charge in [-0.2, -0.15) is 18.3 Å². The summed E-state index contributed by atoms with van der Waals surface area (Å²) in [6, 6.07) is -0.165. The van der Waals surface area contributed by atoms with Crippen LogP contribution < -0.4 is 5.32 Å². The quantitative estimate of drug-likeness (QED) is 0.908. The minimum Gasteiger partial charge on any atom is -0.446 e. The lowest BCUT2D eigenvalue weighted by molar-refractivity contribution is -0.138. The van der Waals surface area contributed by atoms with E-state index >= 15 is 0 Å². The van der Waals surface area contributed by atoms with Crippen molar-refractivity contribution in [3.8, 4) is 0 Å². The number of amides is 1. The van der Waals surface area contributed by atoms with Crippen LogP contribution in [0.25, 0.3) is 0 Å². The van der Waals surface area contributed by atoms with Crippen molar-refractivity contribution in [1.29, 1.82) is 0 Å². The normalized spacial score (nSPS) is 22.1. The van der Waals surface area contributed by atoms with E-state index in [2.05, 4.69) is 10.4 Å². The van der Waals surface area contributed by atoms with E-state index in [9.17, 15) is 18.0 Å². The van der Waals surface area contributed by atoms with Crippen molar-refractivity contribution in [3.05, 3.63) is 17.5 Å². The Labute approximate surface area is 126 Å². The molecule has 1 aliphatic carbocycles. The van der Waals surface area contributed by atoms with E-state index in [0.29, 0.717) is 12.8 Å². The maximum atomic E-state index is 12.7. The molecule has 0 unspecified atom stereocenters. The lowest BCUT2D eigenvalue weighted by Crippen LogP contribution is -2.44. The van der Waals surface area contributed by atoms with Crippen molar-refractivity contribution < 1.29 is 22.7 Å². The van der Waals surface area contributed by atoms with Gasteiger partial charge in [-0.25, -0.2) is 4.79 Å². The van der Waals surface area contributed by atoms with E-state index in [0.717, 1.165) is 6.20 Å². The van der Waals surface area contributed by atoms with Gasteiger partial charge in [-0.15, -0.1) is 0 Å². The molecular weight excluding hydrogens is 299 g/mol. The molecule has 0 aromatic carbocycles. The molecule has 1 aromatic rings. The van der Waals surface area contributed by atoms with Crippen LogP contribution in [0.2, 0.25) is 0 Å². The number of rotatable bonds is 2. The van der Waals surface area contributed by atoms with Crippen LogP contribution in [-0.4, -0.2) is 27.5 Å². The number of hydrogen-bond donors (Lipinski definition) is 1. The average Bonchev–Trinajstić information content (AvgIpc) is 2.61. The molecule has 1 N–H and O–H groups in total. The van der Waals surface area contributed by atoms with Gasteiger partial charge >= 0.3 is 12.3 Å². The Hall–Kier alpha value is -1.73. The summed E-state index contributed by atoms with van der Waals surface area (Å²) in [6.45, 7) is 6.85. The predicted molar refractivity (Wildman–Crippen MR) is 73.4 cm³/mol. The molecule has 0 atom stereocenters. The molecular formula is C14H20F3N3O2. The van der Waals surface area contributed by atoms with Gasteiger partial charge in [0.15, 0.2) is 0 Å². The summed E-state index contributed by atoms with van der Waals surface area (Å²) >= 11 is 0. The Balaban J connectivity index is 1.88. The summed E-state index contributed by atoms with van der Waals surface area (Å²) in [7, 11) is 0. The van der Waals surface area contributed by atoms with E-state index in [-0.39, 0.29) is 23.4 Å². The van der Waals surface area contributed by atoms with Gasteiger partial charge in [0, 0.05) is 24.6 Å². The molecule has 1 heterocycles. The second-order valence-corrected chi connectivity index (χ2v) is 6.63. The SMILES string of the molecule is Cc1nn(C2CC(OC(=O)NC(C)(C)C)C2)cc1C(F)(F)F.